The monoisotopic (exact) mass is 386 g/mol. The molecule has 2 unspecified atom stereocenters. The third-order valence-corrected chi connectivity index (χ3v) is 5.33. The molecule has 7 heteroatoms. The highest BCUT2D eigenvalue weighted by molar-refractivity contribution is 6.01. The van der Waals surface area contributed by atoms with E-state index in [1.165, 1.54) is 0 Å². The average molecular weight is 386 g/mol. The van der Waals surface area contributed by atoms with Crippen molar-refractivity contribution in [3.05, 3.63) is 30.3 Å². The van der Waals surface area contributed by atoms with Gasteiger partial charge in [0.1, 0.15) is 6.04 Å². The van der Waals surface area contributed by atoms with Crippen LogP contribution in [0.5, 0.6) is 0 Å². The molecule has 0 spiro atoms. The first-order valence-corrected chi connectivity index (χ1v) is 10.1. The summed E-state index contributed by atoms with van der Waals surface area (Å²) in [6.07, 6.45) is 2.13. The van der Waals surface area contributed by atoms with E-state index in [1.807, 2.05) is 44.2 Å². The van der Waals surface area contributed by atoms with E-state index in [0.717, 1.165) is 18.5 Å². The van der Waals surface area contributed by atoms with Crippen molar-refractivity contribution < 1.29 is 14.4 Å². The van der Waals surface area contributed by atoms with E-state index in [0.29, 0.717) is 38.5 Å². The summed E-state index contributed by atoms with van der Waals surface area (Å²) in [7, 11) is 0. The average Bonchev–Trinajstić information content (AvgIpc) is 3.07. The molecule has 2 N–H and O–H groups in total. The Hall–Kier alpha value is -2.57. The number of carbonyl (C=O) groups is 3. The number of anilines is 1. The summed E-state index contributed by atoms with van der Waals surface area (Å²) in [6.45, 7) is 6.38. The highest BCUT2D eigenvalue weighted by Crippen LogP contribution is 2.22. The summed E-state index contributed by atoms with van der Waals surface area (Å²) in [6, 6.07) is 8.91. The fourth-order valence-corrected chi connectivity index (χ4v) is 3.75. The van der Waals surface area contributed by atoms with Crippen LogP contribution in [0.15, 0.2) is 30.3 Å². The van der Waals surface area contributed by atoms with E-state index in [9.17, 15) is 14.4 Å². The predicted molar refractivity (Wildman–Crippen MR) is 108 cm³/mol. The van der Waals surface area contributed by atoms with Crippen LogP contribution in [0.2, 0.25) is 0 Å². The Morgan fingerprint density at radius 1 is 1.14 bits per heavy atom. The van der Waals surface area contributed by atoms with Crippen LogP contribution in [0.3, 0.4) is 0 Å². The number of carbonyl (C=O) groups excluding carboxylic acids is 3. The van der Waals surface area contributed by atoms with Crippen molar-refractivity contribution >= 4 is 23.5 Å². The smallest absolute Gasteiger partial charge is 0.317 e. The number of hydrogen-bond acceptors (Lipinski definition) is 3. The summed E-state index contributed by atoms with van der Waals surface area (Å²) in [4.78, 5) is 41.1. The molecule has 152 valence electrons. The van der Waals surface area contributed by atoms with E-state index in [1.54, 1.807) is 9.80 Å². The zero-order valence-electron chi connectivity index (χ0n) is 16.7. The van der Waals surface area contributed by atoms with Gasteiger partial charge >= 0.3 is 6.03 Å². The van der Waals surface area contributed by atoms with Crippen LogP contribution in [0, 0.1) is 11.8 Å². The first-order valence-electron chi connectivity index (χ1n) is 10.1. The number of amides is 4. The lowest BCUT2D eigenvalue weighted by atomic mass is 9.97. The maximum absolute atomic E-state index is 12.7. The lowest BCUT2D eigenvalue weighted by Crippen LogP contribution is -2.51. The third kappa shape index (κ3) is 4.82. The number of hydrogen-bond donors (Lipinski definition) is 2. The number of urea groups is 1. The van der Waals surface area contributed by atoms with E-state index >= 15 is 0 Å². The Labute approximate surface area is 166 Å². The largest absolute Gasteiger partial charge is 0.344 e. The fourth-order valence-electron chi connectivity index (χ4n) is 3.75. The second-order valence-electron chi connectivity index (χ2n) is 8.04. The molecule has 1 aromatic rings. The molecule has 0 saturated carbocycles. The topological polar surface area (TPSA) is 81.8 Å². The molecule has 7 nitrogen and oxygen atoms in total. The van der Waals surface area contributed by atoms with Crippen molar-refractivity contribution in [1.29, 1.82) is 0 Å². The Balaban J connectivity index is 1.53. The molecule has 0 radical (unpaired) electrons. The molecule has 0 aromatic heterocycles. The number of benzene rings is 1. The zero-order chi connectivity index (χ0) is 20.1. The van der Waals surface area contributed by atoms with Crippen LogP contribution in [0.25, 0.3) is 0 Å². The second-order valence-corrected chi connectivity index (χ2v) is 8.04. The van der Waals surface area contributed by atoms with Crippen molar-refractivity contribution in [3.63, 3.8) is 0 Å². The minimum absolute atomic E-state index is 0.0677. The third-order valence-electron chi connectivity index (χ3n) is 5.33. The van der Waals surface area contributed by atoms with Crippen molar-refractivity contribution in [2.45, 2.75) is 39.2 Å². The summed E-state index contributed by atoms with van der Waals surface area (Å²) in [5.74, 6) is -0.0811. The van der Waals surface area contributed by atoms with Gasteiger partial charge in [0.05, 0.1) is 5.92 Å². The van der Waals surface area contributed by atoms with Crippen molar-refractivity contribution in [2.24, 2.45) is 11.8 Å². The van der Waals surface area contributed by atoms with Crippen LogP contribution in [0.1, 0.15) is 33.1 Å². The Morgan fingerprint density at radius 2 is 1.89 bits per heavy atom. The Morgan fingerprint density at radius 3 is 2.61 bits per heavy atom. The van der Waals surface area contributed by atoms with Gasteiger partial charge in [0.25, 0.3) is 0 Å². The molecule has 28 heavy (non-hydrogen) atoms. The van der Waals surface area contributed by atoms with E-state index in [-0.39, 0.29) is 23.8 Å². The number of likely N-dealkylation sites (tertiary alicyclic amines) is 1. The van der Waals surface area contributed by atoms with Gasteiger partial charge in [-0.1, -0.05) is 32.0 Å². The highest BCUT2D eigenvalue weighted by atomic mass is 16.2. The van der Waals surface area contributed by atoms with Gasteiger partial charge in [-0.25, -0.2) is 4.79 Å². The molecule has 0 bridgehead atoms. The van der Waals surface area contributed by atoms with Gasteiger partial charge in [-0.2, -0.15) is 0 Å². The molecular formula is C21H30N4O3. The molecule has 4 amide bonds. The molecule has 2 saturated heterocycles. The van der Waals surface area contributed by atoms with Gasteiger partial charge in [-0.3, -0.25) is 9.59 Å². The summed E-state index contributed by atoms with van der Waals surface area (Å²) >= 11 is 0. The SMILES string of the molecule is CC(C)CNC(=O)N1CCCC(C(=O)NC2CCN(c3ccccc3)C2=O)C1. The molecule has 2 aliphatic rings. The highest BCUT2D eigenvalue weighted by Gasteiger charge is 2.36. The van der Waals surface area contributed by atoms with Crippen LogP contribution in [-0.2, 0) is 9.59 Å². The Kier molecular flexibility index (Phi) is 6.54. The second kappa shape index (κ2) is 9.08. The van der Waals surface area contributed by atoms with Crippen molar-refractivity contribution in [1.82, 2.24) is 15.5 Å². The predicted octanol–water partition coefficient (Wildman–Crippen LogP) is 1.99. The van der Waals surface area contributed by atoms with Crippen LogP contribution in [0.4, 0.5) is 10.5 Å². The van der Waals surface area contributed by atoms with Gasteiger partial charge in [-0.15, -0.1) is 0 Å². The Bertz CT molecular complexity index is 707. The van der Waals surface area contributed by atoms with E-state index in [4.69, 9.17) is 0 Å². The van der Waals surface area contributed by atoms with Gasteiger partial charge in [-0.05, 0) is 37.3 Å². The van der Waals surface area contributed by atoms with Crippen molar-refractivity contribution in [3.8, 4) is 0 Å². The molecule has 1 aromatic carbocycles. The van der Waals surface area contributed by atoms with Gasteiger partial charge in [0.2, 0.25) is 11.8 Å². The van der Waals surface area contributed by atoms with Gasteiger partial charge in [0, 0.05) is 31.9 Å². The minimum Gasteiger partial charge on any atom is -0.344 e. The quantitative estimate of drug-likeness (QED) is 0.812. The number of piperidine rings is 1. The summed E-state index contributed by atoms with van der Waals surface area (Å²) < 4.78 is 0. The minimum atomic E-state index is -0.488. The summed E-state index contributed by atoms with van der Waals surface area (Å²) in [5, 5.41) is 5.83. The van der Waals surface area contributed by atoms with Gasteiger partial charge < -0.3 is 20.4 Å². The molecule has 0 aliphatic carbocycles. The standard InChI is InChI=1S/C21H30N4O3/c1-15(2)13-22-21(28)24-11-6-7-16(14-24)19(26)23-18-10-12-25(20(18)27)17-8-4-3-5-9-17/h3-5,8-9,15-16,18H,6-7,10-14H2,1-2H3,(H,22,28)(H,23,26). The van der Waals surface area contributed by atoms with Crippen molar-refractivity contribution in [2.75, 3.05) is 31.1 Å². The zero-order valence-corrected chi connectivity index (χ0v) is 16.7. The normalized spacial score (nSPS) is 22.5. The number of rotatable bonds is 5. The van der Waals surface area contributed by atoms with E-state index < -0.39 is 6.04 Å². The molecule has 2 heterocycles. The van der Waals surface area contributed by atoms with Crippen LogP contribution in [-0.4, -0.2) is 55.0 Å². The number of nitrogens with zero attached hydrogens (tertiary/aromatic N) is 2. The molecular weight excluding hydrogens is 356 g/mol. The van der Waals surface area contributed by atoms with Gasteiger partial charge in [0.15, 0.2) is 0 Å². The first kappa shape index (κ1) is 20.2. The van der Waals surface area contributed by atoms with E-state index in [2.05, 4.69) is 10.6 Å². The molecule has 2 fully saturated rings. The van der Waals surface area contributed by atoms with Crippen LogP contribution >= 0.6 is 0 Å². The lowest BCUT2D eigenvalue weighted by molar-refractivity contribution is -0.130. The molecule has 3 rings (SSSR count). The maximum Gasteiger partial charge on any atom is 0.317 e. The fraction of sp³-hybridized carbons (Fsp3) is 0.571. The summed E-state index contributed by atoms with van der Waals surface area (Å²) in [5.41, 5.74) is 0.856. The lowest BCUT2D eigenvalue weighted by Gasteiger charge is -2.32. The van der Waals surface area contributed by atoms with Crippen LogP contribution < -0.4 is 15.5 Å². The number of nitrogens with one attached hydrogen (secondary N) is 2. The number of para-hydroxylation sites is 1. The maximum atomic E-state index is 12.7. The first-order chi connectivity index (χ1) is 13.5. The molecule has 2 aliphatic heterocycles. The molecule has 2 atom stereocenters.